The van der Waals surface area contributed by atoms with E-state index in [2.05, 4.69) is 0 Å². The number of rotatable bonds is 3. The van der Waals surface area contributed by atoms with E-state index in [0.717, 1.165) is 16.8 Å². The lowest BCUT2D eigenvalue weighted by atomic mass is 9.91. The largest absolute Gasteiger partial charge is 0.457 e. The Morgan fingerprint density at radius 2 is 1.88 bits per heavy atom. The van der Waals surface area contributed by atoms with E-state index in [1.54, 1.807) is 6.92 Å². The molecule has 25 heavy (non-hydrogen) atoms. The summed E-state index contributed by atoms with van der Waals surface area (Å²) in [5.74, 6) is -0.244. The number of amides is 1. The third kappa shape index (κ3) is 3.43. The molecule has 0 saturated carbocycles. The summed E-state index contributed by atoms with van der Waals surface area (Å²) in [7, 11) is 0. The summed E-state index contributed by atoms with van der Waals surface area (Å²) in [5.41, 5.74) is 3.47. The Labute approximate surface area is 148 Å². The second kappa shape index (κ2) is 7.09. The lowest BCUT2D eigenvalue weighted by molar-refractivity contribution is -0.149. The SMILES string of the molecule is CCC(=O)O[C@H]1C[C@H](C)N(C(=O)c2ccccc2)c2ccc(C)cc21. The molecule has 0 aromatic heterocycles. The van der Waals surface area contributed by atoms with Crippen molar-refractivity contribution < 1.29 is 14.3 Å². The van der Waals surface area contributed by atoms with Gasteiger partial charge in [0.25, 0.3) is 5.91 Å². The highest BCUT2D eigenvalue weighted by atomic mass is 16.5. The fraction of sp³-hybridized carbons (Fsp3) is 0.333. The summed E-state index contributed by atoms with van der Waals surface area (Å²) in [6, 6.07) is 15.2. The molecule has 1 heterocycles. The molecule has 2 atom stereocenters. The van der Waals surface area contributed by atoms with Crippen LogP contribution in [0.1, 0.15) is 54.3 Å². The Morgan fingerprint density at radius 1 is 1.16 bits per heavy atom. The summed E-state index contributed by atoms with van der Waals surface area (Å²) in [4.78, 5) is 26.7. The third-order valence-electron chi connectivity index (χ3n) is 4.59. The van der Waals surface area contributed by atoms with Gasteiger partial charge in [-0.15, -0.1) is 0 Å². The Bertz CT molecular complexity index is 785. The smallest absolute Gasteiger partial charge is 0.306 e. The lowest BCUT2D eigenvalue weighted by Gasteiger charge is -2.39. The molecule has 2 aromatic rings. The number of carbonyl (C=O) groups excluding carboxylic acids is 2. The van der Waals surface area contributed by atoms with Crippen LogP contribution in [-0.4, -0.2) is 17.9 Å². The fourth-order valence-corrected chi connectivity index (χ4v) is 3.31. The first-order valence-corrected chi connectivity index (χ1v) is 8.70. The van der Waals surface area contributed by atoms with Crippen LogP contribution in [-0.2, 0) is 9.53 Å². The van der Waals surface area contributed by atoms with E-state index in [1.165, 1.54) is 0 Å². The van der Waals surface area contributed by atoms with Gasteiger partial charge in [0.15, 0.2) is 0 Å². The number of aryl methyl sites for hydroxylation is 1. The number of hydrogen-bond acceptors (Lipinski definition) is 3. The number of hydrogen-bond donors (Lipinski definition) is 0. The van der Waals surface area contributed by atoms with Crippen molar-refractivity contribution in [2.75, 3.05) is 4.90 Å². The second-order valence-corrected chi connectivity index (χ2v) is 6.52. The van der Waals surface area contributed by atoms with Crippen molar-refractivity contribution >= 4 is 17.6 Å². The first kappa shape index (κ1) is 17.2. The van der Waals surface area contributed by atoms with Gasteiger partial charge in [-0.25, -0.2) is 0 Å². The van der Waals surface area contributed by atoms with Crippen molar-refractivity contribution in [1.29, 1.82) is 0 Å². The molecule has 0 spiro atoms. The summed E-state index contributed by atoms with van der Waals surface area (Å²) in [5, 5.41) is 0. The zero-order chi connectivity index (χ0) is 18.0. The van der Waals surface area contributed by atoms with Crippen LogP contribution in [0.5, 0.6) is 0 Å². The van der Waals surface area contributed by atoms with Crippen molar-refractivity contribution in [3.05, 3.63) is 65.2 Å². The Hall–Kier alpha value is -2.62. The monoisotopic (exact) mass is 337 g/mol. The van der Waals surface area contributed by atoms with Crippen LogP contribution in [0.4, 0.5) is 5.69 Å². The molecule has 0 bridgehead atoms. The zero-order valence-electron chi connectivity index (χ0n) is 14.9. The van der Waals surface area contributed by atoms with Gasteiger partial charge in [-0.05, 0) is 32.0 Å². The number of fused-ring (bicyclic) bond motifs is 1. The molecule has 0 unspecified atom stereocenters. The topological polar surface area (TPSA) is 46.6 Å². The fourth-order valence-electron chi connectivity index (χ4n) is 3.31. The van der Waals surface area contributed by atoms with Crippen molar-refractivity contribution in [2.24, 2.45) is 0 Å². The van der Waals surface area contributed by atoms with Gasteiger partial charge in [-0.2, -0.15) is 0 Å². The molecule has 4 heteroatoms. The van der Waals surface area contributed by atoms with Crippen molar-refractivity contribution in [3.63, 3.8) is 0 Å². The minimum Gasteiger partial charge on any atom is -0.457 e. The van der Waals surface area contributed by atoms with E-state index < -0.39 is 0 Å². The van der Waals surface area contributed by atoms with Gasteiger partial charge in [0.1, 0.15) is 6.10 Å². The highest BCUT2D eigenvalue weighted by Gasteiger charge is 2.35. The second-order valence-electron chi connectivity index (χ2n) is 6.52. The van der Waals surface area contributed by atoms with E-state index in [1.807, 2.05) is 67.3 Å². The first-order valence-electron chi connectivity index (χ1n) is 8.70. The molecular weight excluding hydrogens is 314 g/mol. The van der Waals surface area contributed by atoms with Gasteiger partial charge < -0.3 is 9.64 Å². The maximum atomic E-state index is 13.1. The lowest BCUT2D eigenvalue weighted by Crippen LogP contribution is -2.44. The number of anilines is 1. The van der Waals surface area contributed by atoms with Crippen molar-refractivity contribution in [2.45, 2.75) is 45.8 Å². The third-order valence-corrected chi connectivity index (χ3v) is 4.59. The molecule has 130 valence electrons. The number of ether oxygens (including phenoxy) is 1. The molecule has 0 fully saturated rings. The number of esters is 1. The summed E-state index contributed by atoms with van der Waals surface area (Å²) >= 11 is 0. The maximum Gasteiger partial charge on any atom is 0.306 e. The molecule has 3 rings (SSSR count). The summed E-state index contributed by atoms with van der Waals surface area (Å²) in [6.07, 6.45) is 0.636. The Kier molecular flexibility index (Phi) is 4.88. The predicted octanol–water partition coefficient (Wildman–Crippen LogP) is 4.43. The van der Waals surface area contributed by atoms with Crippen molar-refractivity contribution in [3.8, 4) is 0 Å². The molecular formula is C21H23NO3. The van der Waals surface area contributed by atoms with Crippen LogP contribution in [0.2, 0.25) is 0 Å². The highest BCUT2D eigenvalue weighted by molar-refractivity contribution is 6.07. The molecule has 4 nitrogen and oxygen atoms in total. The van der Waals surface area contributed by atoms with Gasteiger partial charge >= 0.3 is 5.97 Å². The van der Waals surface area contributed by atoms with E-state index in [0.29, 0.717) is 18.4 Å². The highest BCUT2D eigenvalue weighted by Crippen LogP contribution is 2.40. The number of nitrogens with zero attached hydrogens (tertiary/aromatic N) is 1. The average molecular weight is 337 g/mol. The van der Waals surface area contributed by atoms with E-state index >= 15 is 0 Å². The van der Waals surface area contributed by atoms with Crippen LogP contribution in [0.15, 0.2) is 48.5 Å². The van der Waals surface area contributed by atoms with Crippen LogP contribution in [0.25, 0.3) is 0 Å². The average Bonchev–Trinajstić information content (AvgIpc) is 2.62. The van der Waals surface area contributed by atoms with Crippen LogP contribution >= 0.6 is 0 Å². The van der Waals surface area contributed by atoms with E-state index in [4.69, 9.17) is 4.74 Å². The van der Waals surface area contributed by atoms with Gasteiger partial charge in [0, 0.05) is 30.0 Å². The maximum absolute atomic E-state index is 13.1. The van der Waals surface area contributed by atoms with Gasteiger partial charge in [0.2, 0.25) is 0 Å². The zero-order valence-corrected chi connectivity index (χ0v) is 14.9. The van der Waals surface area contributed by atoms with Gasteiger partial charge in [-0.3, -0.25) is 9.59 Å². The molecule has 1 aliphatic rings. The van der Waals surface area contributed by atoms with Gasteiger partial charge in [-0.1, -0.05) is 42.8 Å². The summed E-state index contributed by atoms with van der Waals surface area (Å²) in [6.45, 7) is 5.79. The first-order chi connectivity index (χ1) is 12.0. The Morgan fingerprint density at radius 3 is 2.56 bits per heavy atom. The molecule has 2 aromatic carbocycles. The Balaban J connectivity index is 2.02. The quantitative estimate of drug-likeness (QED) is 0.779. The van der Waals surface area contributed by atoms with Gasteiger partial charge in [0.05, 0.1) is 5.69 Å². The normalized spacial score (nSPS) is 19.2. The number of benzene rings is 2. The molecule has 1 aliphatic heterocycles. The molecule has 0 radical (unpaired) electrons. The standard InChI is InChI=1S/C21H23NO3/c1-4-20(23)25-19-13-15(3)22(18-11-10-14(2)12-17(18)19)21(24)16-8-6-5-7-9-16/h5-12,15,19H,4,13H2,1-3H3/t15-,19-/m0/s1. The molecule has 0 N–H and O–H groups in total. The minimum absolute atomic E-state index is 0.0292. The molecule has 1 amide bonds. The molecule has 0 aliphatic carbocycles. The predicted molar refractivity (Wildman–Crippen MR) is 97.6 cm³/mol. The van der Waals surface area contributed by atoms with E-state index in [9.17, 15) is 9.59 Å². The summed E-state index contributed by atoms with van der Waals surface area (Å²) < 4.78 is 5.65. The van der Waals surface area contributed by atoms with Crippen LogP contribution < -0.4 is 4.90 Å². The van der Waals surface area contributed by atoms with Crippen molar-refractivity contribution in [1.82, 2.24) is 0 Å². The minimum atomic E-state index is -0.308. The van der Waals surface area contributed by atoms with Crippen LogP contribution in [0.3, 0.4) is 0 Å². The molecule has 0 saturated heterocycles. The van der Waals surface area contributed by atoms with Crippen LogP contribution in [0, 0.1) is 6.92 Å². The van der Waals surface area contributed by atoms with E-state index in [-0.39, 0.29) is 24.0 Å². The number of carbonyl (C=O) groups is 2.